The number of para-hydroxylation sites is 2. The van der Waals surface area contributed by atoms with E-state index in [1.54, 1.807) is 0 Å². The van der Waals surface area contributed by atoms with Crippen LogP contribution in [0, 0.1) is 5.41 Å². The molecule has 1 atom stereocenters. The number of hydrogen-bond donors (Lipinski definition) is 1. The summed E-state index contributed by atoms with van der Waals surface area (Å²) in [5, 5.41) is 0. The highest BCUT2D eigenvalue weighted by Gasteiger charge is 2.36. The lowest BCUT2D eigenvalue weighted by Crippen LogP contribution is -2.43. The van der Waals surface area contributed by atoms with Gasteiger partial charge in [0.2, 0.25) is 0 Å². The lowest BCUT2D eigenvalue weighted by atomic mass is 9.86. The monoisotopic (exact) mass is 262 g/mol. The van der Waals surface area contributed by atoms with Crippen LogP contribution in [0.25, 0.3) is 0 Å². The second kappa shape index (κ2) is 5.39. The Morgan fingerprint density at radius 2 is 2.16 bits per heavy atom. The van der Waals surface area contributed by atoms with Gasteiger partial charge in [0.15, 0.2) is 0 Å². The summed E-state index contributed by atoms with van der Waals surface area (Å²) in [5.41, 5.74) is 7.31. The first-order valence-corrected chi connectivity index (χ1v) is 7.08. The molecule has 2 N–H and O–H groups in total. The number of nitrogens with zero attached hydrogens (tertiary/aromatic N) is 1. The average Bonchev–Trinajstić information content (AvgIpc) is 2.83. The predicted octanol–water partition coefficient (Wildman–Crippen LogP) is 1.64. The summed E-state index contributed by atoms with van der Waals surface area (Å²) in [6.45, 7) is 5.08. The van der Waals surface area contributed by atoms with Crippen molar-refractivity contribution in [3.05, 3.63) is 24.3 Å². The number of ether oxygens (including phenoxy) is 2. The molecular formula is C15H22N2O2. The molecule has 3 rings (SSSR count). The van der Waals surface area contributed by atoms with Crippen molar-refractivity contribution in [2.45, 2.75) is 12.8 Å². The van der Waals surface area contributed by atoms with Gasteiger partial charge in [-0.25, -0.2) is 0 Å². The SMILES string of the molecule is NCC1(CN2CCCOc3ccccc32)CCOC1. The van der Waals surface area contributed by atoms with Crippen LogP contribution in [0.3, 0.4) is 0 Å². The van der Waals surface area contributed by atoms with Gasteiger partial charge in [-0.3, -0.25) is 0 Å². The molecular weight excluding hydrogens is 240 g/mol. The highest BCUT2D eigenvalue weighted by atomic mass is 16.5. The molecule has 19 heavy (non-hydrogen) atoms. The maximum atomic E-state index is 6.01. The molecule has 2 aliphatic rings. The quantitative estimate of drug-likeness (QED) is 0.899. The minimum Gasteiger partial charge on any atom is -0.491 e. The van der Waals surface area contributed by atoms with E-state index in [0.717, 1.165) is 51.5 Å². The summed E-state index contributed by atoms with van der Waals surface area (Å²) in [6, 6.07) is 8.29. The summed E-state index contributed by atoms with van der Waals surface area (Å²) in [5.74, 6) is 0.992. The third kappa shape index (κ3) is 2.55. The van der Waals surface area contributed by atoms with Gasteiger partial charge in [0.25, 0.3) is 0 Å². The lowest BCUT2D eigenvalue weighted by Gasteiger charge is -2.34. The van der Waals surface area contributed by atoms with Crippen LogP contribution >= 0.6 is 0 Å². The number of benzene rings is 1. The number of fused-ring (bicyclic) bond motifs is 1. The smallest absolute Gasteiger partial charge is 0.142 e. The Balaban J connectivity index is 1.84. The first-order valence-electron chi connectivity index (χ1n) is 7.08. The van der Waals surface area contributed by atoms with Crippen LogP contribution in [0.2, 0.25) is 0 Å². The molecule has 1 fully saturated rings. The van der Waals surface area contributed by atoms with Gasteiger partial charge in [0.05, 0.1) is 18.9 Å². The van der Waals surface area contributed by atoms with Crippen molar-refractivity contribution in [1.29, 1.82) is 0 Å². The van der Waals surface area contributed by atoms with Gasteiger partial charge in [-0.2, -0.15) is 0 Å². The van der Waals surface area contributed by atoms with Gasteiger partial charge in [-0.1, -0.05) is 12.1 Å². The molecule has 4 nitrogen and oxygen atoms in total. The van der Waals surface area contributed by atoms with Crippen molar-refractivity contribution in [1.82, 2.24) is 0 Å². The van der Waals surface area contributed by atoms with Gasteiger partial charge in [-0.15, -0.1) is 0 Å². The number of anilines is 1. The summed E-state index contributed by atoms with van der Waals surface area (Å²) in [4.78, 5) is 2.42. The molecule has 4 heteroatoms. The largest absolute Gasteiger partial charge is 0.491 e. The fourth-order valence-electron chi connectivity index (χ4n) is 2.97. The second-order valence-corrected chi connectivity index (χ2v) is 5.60. The standard InChI is InChI=1S/C15H22N2O2/c16-10-15(6-9-18-12-15)11-17-7-3-8-19-14-5-2-1-4-13(14)17/h1-2,4-5H,3,6-12,16H2. The van der Waals surface area contributed by atoms with Crippen molar-refractivity contribution >= 4 is 5.69 Å². The molecule has 0 aromatic heterocycles. The Morgan fingerprint density at radius 3 is 2.95 bits per heavy atom. The summed E-state index contributed by atoms with van der Waals surface area (Å²) >= 11 is 0. The van der Waals surface area contributed by atoms with Crippen molar-refractivity contribution < 1.29 is 9.47 Å². The third-order valence-corrected chi connectivity index (χ3v) is 4.18. The van der Waals surface area contributed by atoms with Crippen molar-refractivity contribution in [3.63, 3.8) is 0 Å². The normalized spacial score (nSPS) is 26.7. The molecule has 104 valence electrons. The van der Waals surface area contributed by atoms with Crippen molar-refractivity contribution in [2.24, 2.45) is 11.1 Å². The van der Waals surface area contributed by atoms with E-state index in [-0.39, 0.29) is 5.41 Å². The van der Waals surface area contributed by atoms with E-state index >= 15 is 0 Å². The Kier molecular flexibility index (Phi) is 3.62. The van der Waals surface area contributed by atoms with Gasteiger partial charge < -0.3 is 20.1 Å². The van der Waals surface area contributed by atoms with Crippen molar-refractivity contribution in [2.75, 3.05) is 44.4 Å². The molecule has 1 aromatic rings. The fourth-order valence-corrected chi connectivity index (χ4v) is 2.97. The van der Waals surface area contributed by atoms with Crippen molar-refractivity contribution in [3.8, 4) is 5.75 Å². The van der Waals surface area contributed by atoms with E-state index in [4.69, 9.17) is 15.2 Å². The van der Waals surface area contributed by atoms with Gasteiger partial charge in [-0.05, 0) is 25.0 Å². The zero-order valence-electron chi connectivity index (χ0n) is 11.3. The van der Waals surface area contributed by atoms with E-state index < -0.39 is 0 Å². The Bertz CT molecular complexity index is 430. The molecule has 0 amide bonds. The molecule has 0 radical (unpaired) electrons. The minimum absolute atomic E-state index is 0.109. The Hall–Kier alpha value is -1.26. The lowest BCUT2D eigenvalue weighted by molar-refractivity contribution is 0.157. The molecule has 0 aliphatic carbocycles. The molecule has 1 saturated heterocycles. The zero-order valence-corrected chi connectivity index (χ0v) is 11.3. The highest BCUT2D eigenvalue weighted by molar-refractivity contribution is 5.59. The molecule has 0 bridgehead atoms. The predicted molar refractivity (Wildman–Crippen MR) is 75.7 cm³/mol. The summed E-state index contributed by atoms with van der Waals surface area (Å²) in [7, 11) is 0. The van der Waals surface area contributed by atoms with E-state index in [1.165, 1.54) is 5.69 Å². The van der Waals surface area contributed by atoms with Crippen LogP contribution in [0.4, 0.5) is 5.69 Å². The van der Waals surface area contributed by atoms with Crippen LogP contribution in [0.1, 0.15) is 12.8 Å². The summed E-state index contributed by atoms with van der Waals surface area (Å²) in [6.07, 6.45) is 2.11. The Morgan fingerprint density at radius 1 is 1.26 bits per heavy atom. The van der Waals surface area contributed by atoms with Crippen LogP contribution in [0.5, 0.6) is 5.75 Å². The summed E-state index contributed by atoms with van der Waals surface area (Å²) < 4.78 is 11.4. The van der Waals surface area contributed by atoms with Crippen LogP contribution in [-0.4, -0.2) is 39.5 Å². The third-order valence-electron chi connectivity index (χ3n) is 4.18. The van der Waals surface area contributed by atoms with E-state index in [0.29, 0.717) is 6.54 Å². The van der Waals surface area contributed by atoms with Gasteiger partial charge in [0, 0.05) is 31.7 Å². The highest BCUT2D eigenvalue weighted by Crippen LogP contribution is 2.35. The maximum Gasteiger partial charge on any atom is 0.142 e. The van der Waals surface area contributed by atoms with E-state index in [9.17, 15) is 0 Å². The first kappa shape index (κ1) is 12.8. The Labute approximate surface area is 114 Å². The van der Waals surface area contributed by atoms with E-state index in [2.05, 4.69) is 17.0 Å². The maximum absolute atomic E-state index is 6.01. The fraction of sp³-hybridized carbons (Fsp3) is 0.600. The van der Waals surface area contributed by atoms with E-state index in [1.807, 2.05) is 12.1 Å². The molecule has 2 heterocycles. The zero-order chi connectivity index (χ0) is 13.1. The number of rotatable bonds is 3. The molecule has 1 unspecified atom stereocenters. The minimum atomic E-state index is 0.109. The molecule has 0 saturated carbocycles. The molecule has 2 aliphatic heterocycles. The molecule has 1 aromatic carbocycles. The van der Waals surface area contributed by atoms with Gasteiger partial charge >= 0.3 is 0 Å². The first-order chi connectivity index (χ1) is 9.33. The van der Waals surface area contributed by atoms with Gasteiger partial charge in [0.1, 0.15) is 5.75 Å². The number of hydrogen-bond acceptors (Lipinski definition) is 4. The van der Waals surface area contributed by atoms with Crippen LogP contribution < -0.4 is 15.4 Å². The van der Waals surface area contributed by atoms with Crippen LogP contribution in [0.15, 0.2) is 24.3 Å². The second-order valence-electron chi connectivity index (χ2n) is 5.60. The average molecular weight is 262 g/mol. The van der Waals surface area contributed by atoms with Crippen LogP contribution in [-0.2, 0) is 4.74 Å². The molecule has 0 spiro atoms. The topological polar surface area (TPSA) is 47.7 Å². The number of nitrogens with two attached hydrogens (primary N) is 1.